The molecule has 1 aromatic heterocycles. The van der Waals surface area contributed by atoms with Gasteiger partial charge in [0.2, 0.25) is 0 Å². The van der Waals surface area contributed by atoms with E-state index in [2.05, 4.69) is 26.2 Å². The highest BCUT2D eigenvalue weighted by atomic mass is 79.9. The van der Waals surface area contributed by atoms with Crippen molar-refractivity contribution in [2.45, 2.75) is 13.8 Å². The summed E-state index contributed by atoms with van der Waals surface area (Å²) in [6.07, 6.45) is 0. The van der Waals surface area contributed by atoms with E-state index in [0.29, 0.717) is 15.7 Å². The molecule has 0 radical (unpaired) electrons. The Bertz CT molecular complexity index is 625. The third kappa shape index (κ3) is 3.13. The van der Waals surface area contributed by atoms with Crippen molar-refractivity contribution in [1.29, 1.82) is 0 Å². The largest absolute Gasteiger partial charge is 0.465 e. The predicted molar refractivity (Wildman–Crippen MR) is 80.4 cm³/mol. The summed E-state index contributed by atoms with van der Waals surface area (Å²) in [5.41, 5.74) is 2.74. The SMILES string of the molecule is COC(=O)c1sc(Nc2ccc(Br)cc2C)nc1C. The minimum absolute atomic E-state index is 0.351. The highest BCUT2D eigenvalue weighted by Gasteiger charge is 2.15. The number of thiazole rings is 1. The molecule has 1 aromatic carbocycles. The Morgan fingerprint density at radius 2 is 2.16 bits per heavy atom. The Hall–Kier alpha value is -1.40. The lowest BCUT2D eigenvalue weighted by Crippen LogP contribution is -1.99. The number of methoxy groups -OCH3 is 1. The van der Waals surface area contributed by atoms with Crippen LogP contribution in [0, 0.1) is 13.8 Å². The van der Waals surface area contributed by atoms with Crippen LogP contribution in [-0.4, -0.2) is 18.1 Å². The fourth-order valence-electron chi connectivity index (χ4n) is 1.61. The molecule has 1 N–H and O–H groups in total. The van der Waals surface area contributed by atoms with Crippen LogP contribution in [-0.2, 0) is 4.74 Å². The molecule has 2 aromatic rings. The second kappa shape index (κ2) is 5.71. The van der Waals surface area contributed by atoms with E-state index >= 15 is 0 Å². The number of anilines is 2. The zero-order valence-corrected chi connectivity index (χ0v) is 13.2. The number of aromatic nitrogens is 1. The predicted octanol–water partition coefficient (Wildman–Crippen LogP) is 4.05. The third-order valence-corrected chi connectivity index (χ3v) is 4.14. The maximum Gasteiger partial charge on any atom is 0.350 e. The number of hydrogen-bond acceptors (Lipinski definition) is 5. The molecule has 19 heavy (non-hydrogen) atoms. The number of halogens is 1. The monoisotopic (exact) mass is 340 g/mol. The second-order valence-electron chi connectivity index (χ2n) is 4.01. The summed E-state index contributed by atoms with van der Waals surface area (Å²) in [5, 5.41) is 3.90. The Morgan fingerprint density at radius 1 is 1.42 bits per heavy atom. The molecule has 0 amide bonds. The molecule has 0 saturated heterocycles. The quantitative estimate of drug-likeness (QED) is 0.856. The molecule has 0 atom stereocenters. The van der Waals surface area contributed by atoms with E-state index in [0.717, 1.165) is 15.7 Å². The highest BCUT2D eigenvalue weighted by Crippen LogP contribution is 2.28. The van der Waals surface area contributed by atoms with Crippen LogP contribution in [0.2, 0.25) is 0 Å². The number of benzene rings is 1. The van der Waals surface area contributed by atoms with Gasteiger partial charge in [-0.1, -0.05) is 27.3 Å². The first-order chi connectivity index (χ1) is 9.01. The third-order valence-electron chi connectivity index (χ3n) is 2.60. The zero-order valence-electron chi connectivity index (χ0n) is 10.8. The molecular formula is C13H13BrN2O2S. The molecule has 0 spiro atoms. The molecule has 1 heterocycles. The van der Waals surface area contributed by atoms with Crippen molar-refractivity contribution in [3.05, 3.63) is 38.8 Å². The van der Waals surface area contributed by atoms with Gasteiger partial charge in [0.25, 0.3) is 0 Å². The number of nitrogens with zero attached hydrogens (tertiary/aromatic N) is 1. The van der Waals surface area contributed by atoms with Crippen LogP contribution in [0.25, 0.3) is 0 Å². The number of rotatable bonds is 3. The number of carbonyl (C=O) groups excluding carboxylic acids is 1. The van der Waals surface area contributed by atoms with E-state index in [4.69, 9.17) is 4.74 Å². The van der Waals surface area contributed by atoms with E-state index in [9.17, 15) is 4.79 Å². The molecule has 0 saturated carbocycles. The molecule has 0 fully saturated rings. The van der Waals surface area contributed by atoms with Gasteiger partial charge in [0.15, 0.2) is 5.13 Å². The number of aryl methyl sites for hydroxylation is 2. The molecule has 0 aliphatic carbocycles. The van der Waals surface area contributed by atoms with E-state index in [-0.39, 0.29) is 5.97 Å². The first-order valence-electron chi connectivity index (χ1n) is 5.60. The summed E-state index contributed by atoms with van der Waals surface area (Å²) in [5.74, 6) is -0.351. The molecule has 0 aliphatic heterocycles. The fraction of sp³-hybridized carbons (Fsp3) is 0.231. The Kier molecular flexibility index (Phi) is 4.21. The number of esters is 1. The maximum absolute atomic E-state index is 11.5. The Morgan fingerprint density at radius 3 is 2.79 bits per heavy atom. The summed E-state index contributed by atoms with van der Waals surface area (Å²) in [6.45, 7) is 3.80. The van der Waals surface area contributed by atoms with Crippen LogP contribution in [0.5, 0.6) is 0 Å². The highest BCUT2D eigenvalue weighted by molar-refractivity contribution is 9.10. The lowest BCUT2D eigenvalue weighted by Gasteiger charge is -2.06. The molecule has 4 nitrogen and oxygen atoms in total. The van der Waals surface area contributed by atoms with E-state index in [1.54, 1.807) is 6.92 Å². The summed E-state index contributed by atoms with van der Waals surface area (Å²) < 4.78 is 5.75. The van der Waals surface area contributed by atoms with Gasteiger partial charge in [0.1, 0.15) is 4.88 Å². The summed E-state index contributed by atoms with van der Waals surface area (Å²) in [4.78, 5) is 16.4. The molecule has 0 aliphatic rings. The fourth-order valence-corrected chi connectivity index (χ4v) is 2.99. The smallest absolute Gasteiger partial charge is 0.350 e. The minimum atomic E-state index is -0.351. The maximum atomic E-state index is 11.5. The Labute approximate surface area is 124 Å². The van der Waals surface area contributed by atoms with Crippen molar-refractivity contribution >= 4 is 44.1 Å². The molecule has 6 heteroatoms. The summed E-state index contributed by atoms with van der Waals surface area (Å²) in [6, 6.07) is 5.94. The van der Waals surface area contributed by atoms with Gasteiger partial charge < -0.3 is 10.1 Å². The Balaban J connectivity index is 2.26. The van der Waals surface area contributed by atoms with E-state index < -0.39 is 0 Å². The standard InChI is InChI=1S/C13H13BrN2O2S/c1-7-6-9(14)4-5-10(7)16-13-15-8(2)11(19-13)12(17)18-3/h4-6H,1-3H3,(H,15,16). The number of hydrogen-bond donors (Lipinski definition) is 1. The van der Waals surface area contributed by atoms with Crippen LogP contribution < -0.4 is 5.32 Å². The van der Waals surface area contributed by atoms with Gasteiger partial charge in [-0.05, 0) is 37.6 Å². The van der Waals surface area contributed by atoms with Gasteiger partial charge in [0.05, 0.1) is 12.8 Å². The van der Waals surface area contributed by atoms with Crippen LogP contribution in [0.1, 0.15) is 20.9 Å². The van der Waals surface area contributed by atoms with Gasteiger partial charge in [-0.15, -0.1) is 0 Å². The zero-order chi connectivity index (χ0) is 14.0. The topological polar surface area (TPSA) is 51.2 Å². The number of nitrogens with one attached hydrogen (secondary N) is 1. The first-order valence-corrected chi connectivity index (χ1v) is 7.21. The van der Waals surface area contributed by atoms with Crippen molar-refractivity contribution in [2.75, 3.05) is 12.4 Å². The van der Waals surface area contributed by atoms with Crippen molar-refractivity contribution < 1.29 is 9.53 Å². The van der Waals surface area contributed by atoms with Crippen molar-refractivity contribution in [2.24, 2.45) is 0 Å². The van der Waals surface area contributed by atoms with Gasteiger partial charge in [-0.3, -0.25) is 0 Å². The molecule has 0 bridgehead atoms. The van der Waals surface area contributed by atoms with Crippen molar-refractivity contribution in [3.8, 4) is 0 Å². The van der Waals surface area contributed by atoms with E-state index in [1.165, 1.54) is 18.4 Å². The van der Waals surface area contributed by atoms with Crippen LogP contribution in [0.15, 0.2) is 22.7 Å². The van der Waals surface area contributed by atoms with Crippen LogP contribution in [0.4, 0.5) is 10.8 Å². The van der Waals surface area contributed by atoms with E-state index in [1.807, 2.05) is 25.1 Å². The summed E-state index contributed by atoms with van der Waals surface area (Å²) >= 11 is 4.72. The number of ether oxygens (including phenoxy) is 1. The first kappa shape index (κ1) is 14.0. The average molecular weight is 341 g/mol. The lowest BCUT2D eigenvalue weighted by atomic mass is 10.2. The second-order valence-corrected chi connectivity index (χ2v) is 5.92. The molecule has 100 valence electrons. The normalized spacial score (nSPS) is 10.3. The van der Waals surface area contributed by atoms with Gasteiger partial charge in [-0.2, -0.15) is 0 Å². The van der Waals surface area contributed by atoms with Gasteiger partial charge in [0, 0.05) is 10.2 Å². The average Bonchev–Trinajstić information content (AvgIpc) is 2.73. The molecule has 0 unspecified atom stereocenters. The molecular weight excluding hydrogens is 328 g/mol. The van der Waals surface area contributed by atoms with Crippen molar-refractivity contribution in [1.82, 2.24) is 4.98 Å². The van der Waals surface area contributed by atoms with Crippen LogP contribution >= 0.6 is 27.3 Å². The number of carbonyl (C=O) groups is 1. The molecule has 2 rings (SSSR count). The van der Waals surface area contributed by atoms with Crippen molar-refractivity contribution in [3.63, 3.8) is 0 Å². The summed E-state index contributed by atoms with van der Waals surface area (Å²) in [7, 11) is 1.37. The van der Waals surface area contributed by atoms with Gasteiger partial charge >= 0.3 is 5.97 Å². The van der Waals surface area contributed by atoms with Crippen LogP contribution in [0.3, 0.4) is 0 Å². The van der Waals surface area contributed by atoms with Gasteiger partial charge in [-0.25, -0.2) is 9.78 Å². The minimum Gasteiger partial charge on any atom is -0.465 e. The lowest BCUT2D eigenvalue weighted by molar-refractivity contribution is 0.0605.